The van der Waals surface area contributed by atoms with Crippen molar-refractivity contribution < 1.29 is 14.3 Å². The monoisotopic (exact) mass is 450 g/mol. The van der Waals surface area contributed by atoms with Crippen LogP contribution in [-0.2, 0) is 22.4 Å². The van der Waals surface area contributed by atoms with Gasteiger partial charge in [-0.05, 0) is 54.7 Å². The Morgan fingerprint density at radius 1 is 0.941 bits per heavy atom. The zero-order valence-corrected chi connectivity index (χ0v) is 19.1. The number of rotatable bonds is 5. The van der Waals surface area contributed by atoms with Crippen molar-refractivity contribution in [1.82, 2.24) is 4.57 Å². The number of benzene rings is 3. The molecule has 0 N–H and O–H groups in total. The highest BCUT2D eigenvalue weighted by molar-refractivity contribution is 6.07. The van der Waals surface area contributed by atoms with E-state index < -0.39 is 5.92 Å². The second-order valence-electron chi connectivity index (χ2n) is 8.42. The molecule has 0 saturated carbocycles. The number of hydrogen-bond acceptors (Lipinski definition) is 4. The van der Waals surface area contributed by atoms with Crippen molar-refractivity contribution >= 4 is 29.0 Å². The molecule has 34 heavy (non-hydrogen) atoms. The number of fused-ring (bicyclic) bond motifs is 3. The quantitative estimate of drug-likeness (QED) is 0.393. The number of esters is 1. The average molecular weight is 451 g/mol. The minimum absolute atomic E-state index is 0.159. The molecule has 2 heterocycles. The Morgan fingerprint density at radius 2 is 1.65 bits per heavy atom. The van der Waals surface area contributed by atoms with Crippen LogP contribution in [0.25, 0.3) is 10.9 Å². The van der Waals surface area contributed by atoms with Crippen molar-refractivity contribution in [3.8, 4) is 0 Å². The van der Waals surface area contributed by atoms with Crippen LogP contribution in [-0.4, -0.2) is 35.8 Å². The first kappa shape index (κ1) is 21.8. The third-order valence-electron chi connectivity index (χ3n) is 6.26. The fourth-order valence-corrected chi connectivity index (χ4v) is 4.69. The zero-order chi connectivity index (χ0) is 23.5. The number of hydrogen-bond donors (Lipinski definition) is 0. The van der Waals surface area contributed by atoms with Crippen molar-refractivity contribution in [2.75, 3.05) is 13.2 Å². The Balaban J connectivity index is 1.57. The van der Waals surface area contributed by atoms with E-state index in [1.54, 1.807) is 17.7 Å². The Hall–Kier alpha value is -3.99. The lowest BCUT2D eigenvalue weighted by molar-refractivity contribution is -0.143. The maximum absolute atomic E-state index is 13.9. The van der Waals surface area contributed by atoms with Crippen LogP contribution in [0.4, 0.5) is 0 Å². The van der Waals surface area contributed by atoms with Gasteiger partial charge in [-0.1, -0.05) is 60.7 Å². The molecule has 0 spiro atoms. The molecule has 0 radical (unpaired) electrons. The van der Waals surface area contributed by atoms with Crippen molar-refractivity contribution in [3.05, 3.63) is 107 Å². The number of aliphatic imine (C=N–C) groups is 1. The fraction of sp³-hybridized carbons (Fsp3) is 0.207. The van der Waals surface area contributed by atoms with Gasteiger partial charge in [0, 0.05) is 29.4 Å². The van der Waals surface area contributed by atoms with Gasteiger partial charge in [-0.3, -0.25) is 19.1 Å². The van der Waals surface area contributed by atoms with Crippen LogP contribution in [0.1, 0.15) is 45.6 Å². The third-order valence-corrected chi connectivity index (χ3v) is 6.26. The van der Waals surface area contributed by atoms with Gasteiger partial charge in [0.1, 0.15) is 5.92 Å². The second kappa shape index (κ2) is 9.48. The van der Waals surface area contributed by atoms with Crippen molar-refractivity contribution in [1.29, 1.82) is 0 Å². The number of carbonyl (C=O) groups excluding carboxylic acids is 2. The van der Waals surface area contributed by atoms with E-state index in [4.69, 9.17) is 4.74 Å². The van der Waals surface area contributed by atoms with Crippen LogP contribution in [0.15, 0.2) is 83.9 Å². The molecule has 170 valence electrons. The zero-order valence-electron chi connectivity index (χ0n) is 19.1. The molecular formula is C29H26N2O3. The summed E-state index contributed by atoms with van der Waals surface area (Å²) in [7, 11) is 0. The molecule has 5 nitrogen and oxygen atoms in total. The SMILES string of the molecule is CCOC(=O)C1C=NCCc2c1n(C(=O)c1ccc(Cc3ccccc3)cc1)c1ccccc21. The summed E-state index contributed by atoms with van der Waals surface area (Å²) in [6, 6.07) is 25.8. The summed E-state index contributed by atoms with van der Waals surface area (Å²) in [5, 5.41) is 0.978. The van der Waals surface area contributed by atoms with E-state index in [1.807, 2.05) is 66.7 Å². The molecule has 0 aliphatic carbocycles. The van der Waals surface area contributed by atoms with Gasteiger partial charge in [0.05, 0.1) is 12.1 Å². The highest BCUT2D eigenvalue weighted by atomic mass is 16.5. The topological polar surface area (TPSA) is 60.7 Å². The van der Waals surface area contributed by atoms with Gasteiger partial charge >= 0.3 is 5.97 Å². The number of aromatic nitrogens is 1. The molecule has 0 saturated heterocycles. The molecule has 0 fully saturated rings. The molecule has 1 aromatic heterocycles. The largest absolute Gasteiger partial charge is 0.465 e. The molecular weight excluding hydrogens is 424 g/mol. The Kier molecular flexibility index (Phi) is 6.09. The Bertz CT molecular complexity index is 1370. The first-order valence-corrected chi connectivity index (χ1v) is 11.6. The summed E-state index contributed by atoms with van der Waals surface area (Å²) in [6.45, 7) is 2.62. The van der Waals surface area contributed by atoms with Gasteiger partial charge in [0.2, 0.25) is 0 Å². The molecule has 1 atom stereocenters. The van der Waals surface area contributed by atoms with E-state index in [2.05, 4.69) is 17.1 Å². The standard InChI is InChI=1S/C29H26N2O3/c1-2-34-29(33)25-19-30-17-16-24-23-10-6-7-11-26(23)31(27(24)25)28(32)22-14-12-21(13-15-22)18-20-8-4-3-5-9-20/h3-15,19,25H,2,16-18H2,1H3. The van der Waals surface area contributed by atoms with Crippen molar-refractivity contribution in [2.45, 2.75) is 25.7 Å². The van der Waals surface area contributed by atoms with Gasteiger partial charge in [0.15, 0.2) is 0 Å². The maximum Gasteiger partial charge on any atom is 0.320 e. The molecule has 4 aromatic rings. The predicted molar refractivity (Wildman–Crippen MR) is 134 cm³/mol. The van der Waals surface area contributed by atoms with Gasteiger partial charge < -0.3 is 4.74 Å². The van der Waals surface area contributed by atoms with Crippen molar-refractivity contribution in [3.63, 3.8) is 0 Å². The van der Waals surface area contributed by atoms with E-state index in [1.165, 1.54) is 5.56 Å². The van der Waals surface area contributed by atoms with Crippen LogP contribution < -0.4 is 0 Å². The summed E-state index contributed by atoms with van der Waals surface area (Å²) in [5.41, 5.74) is 5.38. The lowest BCUT2D eigenvalue weighted by atomic mass is 9.99. The Morgan fingerprint density at radius 3 is 2.41 bits per heavy atom. The molecule has 5 rings (SSSR count). The molecule has 1 aliphatic heterocycles. The van der Waals surface area contributed by atoms with Crippen LogP contribution in [0, 0.1) is 0 Å². The fourth-order valence-electron chi connectivity index (χ4n) is 4.69. The molecule has 1 unspecified atom stereocenters. The van der Waals surface area contributed by atoms with Gasteiger partial charge in [-0.2, -0.15) is 0 Å². The van der Waals surface area contributed by atoms with E-state index in [-0.39, 0.29) is 18.5 Å². The predicted octanol–water partition coefficient (Wildman–Crippen LogP) is 5.19. The third kappa shape index (κ3) is 4.05. The minimum Gasteiger partial charge on any atom is -0.465 e. The van der Waals surface area contributed by atoms with Crippen LogP contribution in [0.2, 0.25) is 0 Å². The maximum atomic E-state index is 13.9. The summed E-state index contributed by atoms with van der Waals surface area (Å²) in [4.78, 5) is 31.2. The van der Waals surface area contributed by atoms with E-state index >= 15 is 0 Å². The molecule has 0 amide bonds. The second-order valence-corrected chi connectivity index (χ2v) is 8.42. The highest BCUT2D eigenvalue weighted by Gasteiger charge is 2.32. The lowest BCUT2D eigenvalue weighted by Gasteiger charge is -2.16. The Labute approximate surface area is 198 Å². The smallest absolute Gasteiger partial charge is 0.320 e. The molecule has 3 aromatic carbocycles. The highest BCUT2D eigenvalue weighted by Crippen LogP contribution is 2.34. The molecule has 5 heteroatoms. The summed E-state index contributed by atoms with van der Waals surface area (Å²) in [5.74, 6) is -1.26. The lowest BCUT2D eigenvalue weighted by Crippen LogP contribution is -2.24. The van der Waals surface area contributed by atoms with Crippen LogP contribution >= 0.6 is 0 Å². The normalized spacial score (nSPS) is 15.0. The van der Waals surface area contributed by atoms with Crippen molar-refractivity contribution in [2.24, 2.45) is 4.99 Å². The van der Waals surface area contributed by atoms with Crippen LogP contribution in [0.3, 0.4) is 0 Å². The van der Waals surface area contributed by atoms with E-state index in [0.29, 0.717) is 24.2 Å². The number of para-hydroxylation sites is 1. The van der Waals surface area contributed by atoms with Crippen LogP contribution in [0.5, 0.6) is 0 Å². The molecule has 0 bridgehead atoms. The average Bonchev–Trinajstić information content (AvgIpc) is 3.02. The number of carbonyl (C=O) groups is 2. The summed E-state index contributed by atoms with van der Waals surface area (Å²) >= 11 is 0. The van der Waals surface area contributed by atoms with Gasteiger partial charge in [0.25, 0.3) is 5.91 Å². The van der Waals surface area contributed by atoms with Gasteiger partial charge in [-0.25, -0.2) is 0 Å². The molecule has 1 aliphatic rings. The van der Waals surface area contributed by atoms with Gasteiger partial charge in [-0.15, -0.1) is 0 Å². The first-order chi connectivity index (χ1) is 16.7. The van der Waals surface area contributed by atoms with E-state index in [9.17, 15) is 9.59 Å². The van der Waals surface area contributed by atoms with E-state index in [0.717, 1.165) is 28.5 Å². The summed E-state index contributed by atoms with van der Waals surface area (Å²) in [6.07, 6.45) is 3.10. The summed E-state index contributed by atoms with van der Waals surface area (Å²) < 4.78 is 7.04. The first-order valence-electron chi connectivity index (χ1n) is 11.6. The minimum atomic E-state index is -0.717. The number of nitrogens with zero attached hydrogens (tertiary/aromatic N) is 2. The number of ether oxygens (including phenoxy) is 1.